The first kappa shape index (κ1) is 9.17. The Morgan fingerprint density at radius 2 is 1.79 bits per heavy atom. The van der Waals surface area contributed by atoms with Crippen LogP contribution in [0.4, 0.5) is 0 Å². The number of nitrogens with zero attached hydrogens (tertiary/aromatic N) is 1. The van der Waals surface area contributed by atoms with Crippen molar-refractivity contribution in [3.8, 4) is 0 Å². The van der Waals surface area contributed by atoms with Crippen LogP contribution in [0.25, 0.3) is 0 Å². The van der Waals surface area contributed by atoms with Gasteiger partial charge >= 0.3 is 0 Å². The van der Waals surface area contributed by atoms with E-state index in [1.165, 1.54) is 51.5 Å². The summed E-state index contributed by atoms with van der Waals surface area (Å²) in [5.41, 5.74) is 5.89. The summed E-state index contributed by atoms with van der Waals surface area (Å²) in [5.74, 6) is 1.04. The third kappa shape index (κ3) is 1.40. The van der Waals surface area contributed by atoms with Crippen molar-refractivity contribution in [1.29, 1.82) is 0 Å². The maximum absolute atomic E-state index is 5.89. The predicted molar refractivity (Wildman–Crippen MR) is 58.1 cm³/mol. The number of nitrogens with two attached hydrogens (primary N) is 1. The Kier molecular flexibility index (Phi) is 2.29. The molecule has 0 bridgehead atoms. The molecule has 2 nitrogen and oxygen atoms in total. The minimum absolute atomic E-state index is 0.516. The van der Waals surface area contributed by atoms with E-state index in [1.54, 1.807) is 0 Å². The predicted octanol–water partition coefficient (Wildman–Crippen LogP) is 1.74. The van der Waals surface area contributed by atoms with Crippen molar-refractivity contribution < 1.29 is 0 Å². The maximum atomic E-state index is 5.89. The summed E-state index contributed by atoms with van der Waals surface area (Å²) in [4.78, 5) is 2.81. The summed E-state index contributed by atoms with van der Waals surface area (Å²) in [6, 6.07) is 2.32. The third-order valence-electron chi connectivity index (χ3n) is 4.65. The van der Waals surface area contributed by atoms with Crippen molar-refractivity contribution in [3.63, 3.8) is 0 Å². The van der Waals surface area contributed by atoms with Gasteiger partial charge in [0.2, 0.25) is 0 Å². The molecule has 0 spiro atoms. The number of piperidine rings is 1. The van der Waals surface area contributed by atoms with Crippen molar-refractivity contribution in [1.82, 2.24) is 4.90 Å². The van der Waals surface area contributed by atoms with Crippen LogP contribution in [0.1, 0.15) is 44.9 Å². The van der Waals surface area contributed by atoms with Gasteiger partial charge < -0.3 is 5.73 Å². The van der Waals surface area contributed by atoms with Crippen LogP contribution in [0.3, 0.4) is 0 Å². The molecular formula is C12H22N2. The largest absolute Gasteiger partial charge is 0.328 e. The second kappa shape index (κ2) is 3.49. The van der Waals surface area contributed by atoms with Gasteiger partial charge in [0.25, 0.3) is 0 Å². The summed E-state index contributed by atoms with van der Waals surface area (Å²) >= 11 is 0. The lowest BCUT2D eigenvalue weighted by atomic mass is 9.82. The van der Waals surface area contributed by atoms with Crippen LogP contribution in [0.2, 0.25) is 0 Å². The van der Waals surface area contributed by atoms with Crippen LogP contribution in [-0.2, 0) is 0 Å². The summed E-state index contributed by atoms with van der Waals surface area (Å²) in [7, 11) is 0. The zero-order valence-electron chi connectivity index (χ0n) is 8.99. The second-order valence-electron chi connectivity index (χ2n) is 5.52. The van der Waals surface area contributed by atoms with E-state index in [-0.39, 0.29) is 0 Å². The van der Waals surface area contributed by atoms with Crippen molar-refractivity contribution in [2.75, 3.05) is 6.54 Å². The summed E-state index contributed by atoms with van der Waals surface area (Å²) in [6.07, 6.45) is 9.92. The zero-order chi connectivity index (χ0) is 9.54. The monoisotopic (exact) mass is 194 g/mol. The molecular weight excluding hydrogens is 172 g/mol. The molecule has 0 aromatic rings. The molecule has 2 saturated carbocycles. The van der Waals surface area contributed by atoms with E-state index in [0.717, 1.165) is 18.0 Å². The summed E-state index contributed by atoms with van der Waals surface area (Å²) in [6.45, 7) is 1.36. The van der Waals surface area contributed by atoms with E-state index < -0.39 is 0 Å². The molecule has 1 heterocycles. The summed E-state index contributed by atoms with van der Waals surface area (Å²) < 4.78 is 0. The first-order chi connectivity index (χ1) is 6.84. The topological polar surface area (TPSA) is 29.3 Å². The quantitative estimate of drug-likeness (QED) is 0.689. The molecule has 0 aromatic heterocycles. The van der Waals surface area contributed by atoms with Gasteiger partial charge in [-0.05, 0) is 51.0 Å². The van der Waals surface area contributed by atoms with Crippen LogP contribution in [0, 0.1) is 5.92 Å². The molecule has 2 unspecified atom stereocenters. The molecule has 0 radical (unpaired) electrons. The molecule has 0 aromatic carbocycles. The highest BCUT2D eigenvalue weighted by atomic mass is 15.2. The van der Waals surface area contributed by atoms with E-state index in [9.17, 15) is 0 Å². The van der Waals surface area contributed by atoms with Crippen LogP contribution >= 0.6 is 0 Å². The van der Waals surface area contributed by atoms with Gasteiger partial charge in [0.1, 0.15) is 0 Å². The van der Waals surface area contributed by atoms with E-state index >= 15 is 0 Å². The molecule has 2 atom stereocenters. The summed E-state index contributed by atoms with van der Waals surface area (Å²) in [5, 5.41) is 0. The normalized spacial score (nSPS) is 48.6. The number of rotatable bonds is 1. The van der Waals surface area contributed by atoms with Crippen LogP contribution < -0.4 is 5.73 Å². The molecule has 2 heteroatoms. The Balaban J connectivity index is 1.66. The Hall–Kier alpha value is -0.0800. The smallest absolute Gasteiger partial charge is 0.0128 e. The van der Waals surface area contributed by atoms with Crippen molar-refractivity contribution in [2.24, 2.45) is 11.7 Å². The second-order valence-corrected chi connectivity index (χ2v) is 5.52. The van der Waals surface area contributed by atoms with Crippen molar-refractivity contribution >= 4 is 0 Å². The number of fused-ring (bicyclic) bond motifs is 1. The van der Waals surface area contributed by atoms with Crippen LogP contribution in [0.5, 0.6) is 0 Å². The molecule has 3 fully saturated rings. The molecule has 3 rings (SSSR count). The highest BCUT2D eigenvalue weighted by Gasteiger charge is 2.41. The van der Waals surface area contributed by atoms with Gasteiger partial charge in [-0.25, -0.2) is 0 Å². The first-order valence-electron chi connectivity index (χ1n) is 6.36. The average molecular weight is 194 g/mol. The fourth-order valence-corrected chi connectivity index (χ4v) is 3.85. The Labute approximate surface area is 86.8 Å². The van der Waals surface area contributed by atoms with Gasteiger partial charge in [0, 0.05) is 18.1 Å². The first-order valence-corrected chi connectivity index (χ1v) is 6.36. The van der Waals surface area contributed by atoms with E-state index in [0.29, 0.717) is 6.04 Å². The molecule has 14 heavy (non-hydrogen) atoms. The van der Waals surface area contributed by atoms with Gasteiger partial charge in [-0.1, -0.05) is 6.42 Å². The molecule has 0 amide bonds. The van der Waals surface area contributed by atoms with Gasteiger partial charge in [0.05, 0.1) is 0 Å². The van der Waals surface area contributed by atoms with E-state index in [4.69, 9.17) is 5.73 Å². The number of likely N-dealkylation sites (tertiary alicyclic amines) is 1. The number of hydrogen-bond acceptors (Lipinski definition) is 2. The standard InChI is InChI=1S/C12H22N2/c13-10-7-11(8-10)14-6-2-4-9-3-1-5-12(9)14/h9-12H,1-8,13H2. The zero-order valence-corrected chi connectivity index (χ0v) is 8.99. The lowest BCUT2D eigenvalue weighted by Crippen LogP contribution is -2.56. The molecule has 2 N–H and O–H groups in total. The van der Waals surface area contributed by atoms with Crippen molar-refractivity contribution in [3.05, 3.63) is 0 Å². The SMILES string of the molecule is NC1CC(N2CCCC3CCCC32)C1. The lowest BCUT2D eigenvalue weighted by molar-refractivity contribution is 0.0230. The van der Waals surface area contributed by atoms with Crippen LogP contribution in [0.15, 0.2) is 0 Å². The van der Waals surface area contributed by atoms with Gasteiger partial charge in [-0.2, -0.15) is 0 Å². The fraction of sp³-hybridized carbons (Fsp3) is 1.00. The Bertz CT molecular complexity index is 210. The van der Waals surface area contributed by atoms with Crippen LogP contribution in [-0.4, -0.2) is 29.6 Å². The molecule has 3 aliphatic rings. The molecule has 1 saturated heterocycles. The minimum atomic E-state index is 0.516. The van der Waals surface area contributed by atoms with Gasteiger partial charge in [-0.3, -0.25) is 4.90 Å². The number of hydrogen-bond donors (Lipinski definition) is 1. The fourth-order valence-electron chi connectivity index (χ4n) is 3.85. The third-order valence-corrected chi connectivity index (χ3v) is 4.65. The lowest BCUT2D eigenvalue weighted by Gasteiger charge is -2.48. The van der Waals surface area contributed by atoms with E-state index in [2.05, 4.69) is 4.90 Å². The molecule has 2 aliphatic carbocycles. The van der Waals surface area contributed by atoms with Gasteiger partial charge in [0.15, 0.2) is 0 Å². The maximum Gasteiger partial charge on any atom is 0.0128 e. The van der Waals surface area contributed by atoms with Crippen molar-refractivity contribution in [2.45, 2.75) is 63.1 Å². The van der Waals surface area contributed by atoms with Gasteiger partial charge in [-0.15, -0.1) is 0 Å². The molecule has 1 aliphatic heterocycles. The minimum Gasteiger partial charge on any atom is -0.328 e. The highest BCUT2D eigenvalue weighted by Crippen LogP contribution is 2.40. The Morgan fingerprint density at radius 3 is 2.57 bits per heavy atom. The van der Waals surface area contributed by atoms with E-state index in [1.807, 2.05) is 0 Å². The highest BCUT2D eigenvalue weighted by molar-refractivity contribution is 4.97. The Morgan fingerprint density at radius 1 is 1.00 bits per heavy atom. The average Bonchev–Trinajstić information content (AvgIpc) is 2.60. The molecule has 80 valence electrons.